The summed E-state index contributed by atoms with van der Waals surface area (Å²) in [5.74, 6) is 1.75. The summed E-state index contributed by atoms with van der Waals surface area (Å²) in [4.78, 5) is 0. The van der Waals surface area contributed by atoms with Gasteiger partial charge in [0.2, 0.25) is 0 Å². The molecule has 2 rings (SSSR count). The Hall–Kier alpha value is -0.820. The van der Waals surface area contributed by atoms with Gasteiger partial charge in [-0.2, -0.15) is 0 Å². The van der Waals surface area contributed by atoms with Crippen molar-refractivity contribution in [3.63, 3.8) is 0 Å². The Balaban J connectivity index is 1.88. The van der Waals surface area contributed by atoms with E-state index in [1.807, 2.05) is 0 Å². The summed E-state index contributed by atoms with van der Waals surface area (Å²) in [7, 11) is 0. The van der Waals surface area contributed by atoms with Crippen LogP contribution >= 0.6 is 0 Å². The first kappa shape index (κ1) is 15.6. The first-order valence-electron chi connectivity index (χ1n) is 8.28. The molecule has 1 aromatic rings. The van der Waals surface area contributed by atoms with Crippen molar-refractivity contribution in [3.05, 3.63) is 35.9 Å². The Morgan fingerprint density at radius 3 is 2.50 bits per heavy atom. The second kappa shape index (κ2) is 6.76. The van der Waals surface area contributed by atoms with Gasteiger partial charge in [-0.25, -0.2) is 0 Å². The molecule has 0 radical (unpaired) electrons. The molecule has 1 fully saturated rings. The summed E-state index contributed by atoms with van der Waals surface area (Å²) in [6.45, 7) is 10.5. The van der Waals surface area contributed by atoms with Crippen LogP contribution in [0.2, 0.25) is 0 Å². The fraction of sp³-hybridized carbons (Fsp3) is 0.684. The second-order valence-electron chi connectivity index (χ2n) is 7.50. The van der Waals surface area contributed by atoms with Crippen molar-refractivity contribution in [1.82, 2.24) is 5.32 Å². The third-order valence-corrected chi connectivity index (χ3v) is 5.05. The minimum Gasteiger partial charge on any atom is -0.313 e. The highest BCUT2D eigenvalue weighted by Crippen LogP contribution is 2.30. The Bertz CT molecular complexity index is 393. The van der Waals surface area contributed by atoms with Crippen LogP contribution in [0.5, 0.6) is 0 Å². The zero-order valence-electron chi connectivity index (χ0n) is 13.7. The van der Waals surface area contributed by atoms with Crippen LogP contribution in [0, 0.1) is 11.8 Å². The molecule has 0 aliphatic heterocycles. The van der Waals surface area contributed by atoms with E-state index in [-0.39, 0.29) is 5.41 Å². The maximum Gasteiger partial charge on any atom is 0.00701 e. The smallest absolute Gasteiger partial charge is 0.00701 e. The predicted octanol–water partition coefficient (Wildman–Crippen LogP) is 4.77. The molecular formula is C19H31N. The summed E-state index contributed by atoms with van der Waals surface area (Å²) < 4.78 is 0. The fourth-order valence-electron chi connectivity index (χ4n) is 3.41. The van der Waals surface area contributed by atoms with Gasteiger partial charge in [0, 0.05) is 18.0 Å². The van der Waals surface area contributed by atoms with Crippen molar-refractivity contribution in [1.29, 1.82) is 0 Å². The van der Waals surface area contributed by atoms with Crippen LogP contribution < -0.4 is 5.32 Å². The number of hydrogen-bond acceptors (Lipinski definition) is 1. The molecule has 1 heteroatoms. The highest BCUT2D eigenvalue weighted by Gasteiger charge is 2.26. The van der Waals surface area contributed by atoms with Gasteiger partial charge in [-0.1, -0.05) is 70.9 Å². The molecule has 1 saturated carbocycles. The summed E-state index contributed by atoms with van der Waals surface area (Å²) in [5.41, 5.74) is 1.65. The molecule has 1 aromatic carbocycles. The molecule has 1 aliphatic rings. The van der Waals surface area contributed by atoms with Gasteiger partial charge in [-0.3, -0.25) is 0 Å². The molecule has 0 heterocycles. The monoisotopic (exact) mass is 273 g/mol. The van der Waals surface area contributed by atoms with Crippen LogP contribution in [-0.4, -0.2) is 12.6 Å². The lowest BCUT2D eigenvalue weighted by Gasteiger charge is -2.35. The van der Waals surface area contributed by atoms with Crippen molar-refractivity contribution in [2.45, 2.75) is 64.8 Å². The van der Waals surface area contributed by atoms with Crippen molar-refractivity contribution in [2.24, 2.45) is 11.8 Å². The van der Waals surface area contributed by atoms with Gasteiger partial charge in [0.05, 0.1) is 0 Å². The molecule has 0 amide bonds. The Morgan fingerprint density at radius 1 is 1.15 bits per heavy atom. The van der Waals surface area contributed by atoms with Crippen molar-refractivity contribution < 1.29 is 0 Å². The highest BCUT2D eigenvalue weighted by molar-refractivity contribution is 5.23. The average molecular weight is 273 g/mol. The van der Waals surface area contributed by atoms with Crippen molar-refractivity contribution in [3.8, 4) is 0 Å². The standard InChI is InChI=1S/C19H31N/c1-15(2)16-9-8-12-18(13-16)20-14-19(3,4)17-10-6-5-7-11-17/h5-7,10-11,15-16,18,20H,8-9,12-14H2,1-4H3. The molecule has 112 valence electrons. The predicted molar refractivity (Wildman–Crippen MR) is 88.1 cm³/mol. The average Bonchev–Trinajstić information content (AvgIpc) is 2.46. The van der Waals surface area contributed by atoms with E-state index in [0.717, 1.165) is 24.4 Å². The number of benzene rings is 1. The molecule has 1 nitrogen and oxygen atoms in total. The molecular weight excluding hydrogens is 242 g/mol. The van der Waals surface area contributed by atoms with Crippen LogP contribution in [0.4, 0.5) is 0 Å². The van der Waals surface area contributed by atoms with E-state index in [1.54, 1.807) is 0 Å². The van der Waals surface area contributed by atoms with Crippen molar-refractivity contribution >= 4 is 0 Å². The number of hydrogen-bond donors (Lipinski definition) is 1. The normalized spacial score (nSPS) is 24.1. The van der Waals surface area contributed by atoms with E-state index >= 15 is 0 Å². The molecule has 1 N–H and O–H groups in total. The van der Waals surface area contributed by atoms with Gasteiger partial charge in [0.25, 0.3) is 0 Å². The summed E-state index contributed by atoms with van der Waals surface area (Å²) in [6.07, 6.45) is 5.54. The maximum atomic E-state index is 3.85. The number of rotatable bonds is 5. The van der Waals surface area contributed by atoms with Crippen LogP contribution in [0.15, 0.2) is 30.3 Å². The van der Waals surface area contributed by atoms with Gasteiger partial charge in [0.15, 0.2) is 0 Å². The first-order valence-corrected chi connectivity index (χ1v) is 8.28. The van der Waals surface area contributed by atoms with Gasteiger partial charge in [-0.05, 0) is 30.2 Å². The largest absolute Gasteiger partial charge is 0.313 e. The van der Waals surface area contributed by atoms with E-state index < -0.39 is 0 Å². The lowest BCUT2D eigenvalue weighted by molar-refractivity contribution is 0.225. The Kier molecular flexibility index (Phi) is 5.26. The van der Waals surface area contributed by atoms with Gasteiger partial charge < -0.3 is 5.32 Å². The molecule has 0 saturated heterocycles. The van der Waals surface area contributed by atoms with E-state index in [9.17, 15) is 0 Å². The number of nitrogens with one attached hydrogen (secondary N) is 1. The minimum absolute atomic E-state index is 0.214. The van der Waals surface area contributed by atoms with Crippen LogP contribution in [0.25, 0.3) is 0 Å². The summed E-state index contributed by atoms with van der Waals surface area (Å²) in [6, 6.07) is 11.6. The minimum atomic E-state index is 0.214. The van der Waals surface area contributed by atoms with Crippen molar-refractivity contribution in [2.75, 3.05) is 6.54 Å². The zero-order valence-corrected chi connectivity index (χ0v) is 13.7. The summed E-state index contributed by atoms with van der Waals surface area (Å²) >= 11 is 0. The molecule has 0 bridgehead atoms. The van der Waals surface area contributed by atoms with Crippen LogP contribution in [0.1, 0.15) is 58.9 Å². The topological polar surface area (TPSA) is 12.0 Å². The first-order chi connectivity index (χ1) is 9.49. The van der Waals surface area contributed by atoms with Crippen LogP contribution in [0.3, 0.4) is 0 Å². The maximum absolute atomic E-state index is 3.85. The lowest BCUT2D eigenvalue weighted by atomic mass is 9.78. The van der Waals surface area contributed by atoms with E-state index in [1.165, 1.54) is 31.2 Å². The summed E-state index contributed by atoms with van der Waals surface area (Å²) in [5, 5.41) is 3.85. The van der Waals surface area contributed by atoms with Gasteiger partial charge in [-0.15, -0.1) is 0 Å². The van der Waals surface area contributed by atoms with Gasteiger partial charge in [0.1, 0.15) is 0 Å². The Labute approximate surface area is 125 Å². The zero-order chi connectivity index (χ0) is 14.6. The quantitative estimate of drug-likeness (QED) is 0.815. The van der Waals surface area contributed by atoms with E-state index in [4.69, 9.17) is 0 Å². The lowest BCUT2D eigenvalue weighted by Crippen LogP contribution is -2.42. The van der Waals surface area contributed by atoms with Crippen LogP contribution in [-0.2, 0) is 5.41 Å². The third-order valence-electron chi connectivity index (χ3n) is 5.05. The SMILES string of the molecule is CC(C)C1CCCC(NCC(C)(C)c2ccccc2)C1. The molecule has 2 unspecified atom stereocenters. The van der Waals surface area contributed by atoms with Gasteiger partial charge >= 0.3 is 0 Å². The van der Waals surface area contributed by atoms with E-state index in [2.05, 4.69) is 63.3 Å². The molecule has 0 spiro atoms. The third kappa shape index (κ3) is 4.09. The molecule has 1 aliphatic carbocycles. The highest BCUT2D eigenvalue weighted by atomic mass is 14.9. The molecule has 2 atom stereocenters. The van der Waals surface area contributed by atoms with E-state index in [0.29, 0.717) is 0 Å². The Morgan fingerprint density at radius 2 is 1.85 bits per heavy atom. The molecule has 20 heavy (non-hydrogen) atoms. The molecule has 0 aromatic heterocycles. The second-order valence-corrected chi connectivity index (χ2v) is 7.50. The fourth-order valence-corrected chi connectivity index (χ4v) is 3.41.